The van der Waals surface area contributed by atoms with Crippen LogP contribution in [0.4, 0.5) is 0 Å². The Morgan fingerprint density at radius 2 is 1.65 bits per heavy atom. The minimum absolute atomic E-state index is 0.101. The van der Waals surface area contributed by atoms with Gasteiger partial charge in [0.05, 0.1) is 8.07 Å². The molecule has 2 nitrogen and oxygen atoms in total. The highest BCUT2D eigenvalue weighted by molar-refractivity contribution is 6.79. The van der Waals surface area contributed by atoms with E-state index in [1.165, 1.54) is 56.7 Å². The van der Waals surface area contributed by atoms with Gasteiger partial charge in [-0.25, -0.2) is 0 Å². The Balaban J connectivity index is 1.96. The van der Waals surface area contributed by atoms with Gasteiger partial charge in [0.25, 0.3) is 0 Å². The highest BCUT2D eigenvalue weighted by Crippen LogP contribution is 2.27. The van der Waals surface area contributed by atoms with Crippen LogP contribution in [0.15, 0.2) is 0 Å². The minimum Gasteiger partial charge on any atom is -0.353 e. The quantitative estimate of drug-likeness (QED) is 0.365. The van der Waals surface area contributed by atoms with Gasteiger partial charge < -0.3 is 9.47 Å². The van der Waals surface area contributed by atoms with Gasteiger partial charge in [0.15, 0.2) is 6.29 Å². The van der Waals surface area contributed by atoms with Crippen LogP contribution in [0, 0.1) is 0 Å². The predicted molar refractivity (Wildman–Crippen MR) is 90.0 cm³/mol. The number of unbranched alkanes of at least 4 members (excludes halogenated alkanes) is 3. The van der Waals surface area contributed by atoms with Gasteiger partial charge in [-0.1, -0.05) is 64.2 Å². The van der Waals surface area contributed by atoms with Crippen molar-refractivity contribution in [2.24, 2.45) is 0 Å². The zero-order chi connectivity index (χ0) is 14.7. The molecule has 0 aromatic heterocycles. The van der Waals surface area contributed by atoms with Crippen LogP contribution in [0.3, 0.4) is 0 Å². The van der Waals surface area contributed by atoms with Gasteiger partial charge in [0.1, 0.15) is 0 Å². The molecule has 1 unspecified atom stereocenters. The largest absolute Gasteiger partial charge is 0.353 e. The second-order valence-electron chi connectivity index (χ2n) is 6.39. The summed E-state index contributed by atoms with van der Waals surface area (Å²) in [7, 11) is -0.864. The maximum atomic E-state index is 5.78. The van der Waals surface area contributed by atoms with Gasteiger partial charge >= 0.3 is 0 Å². The van der Waals surface area contributed by atoms with E-state index in [2.05, 4.69) is 20.8 Å². The Labute approximate surface area is 127 Å². The van der Waals surface area contributed by atoms with Crippen molar-refractivity contribution < 1.29 is 9.47 Å². The highest BCUT2D eigenvalue weighted by Gasteiger charge is 2.25. The maximum absolute atomic E-state index is 5.78. The number of hydrogen-bond donors (Lipinski definition) is 0. The maximum Gasteiger partial charge on any atom is 0.157 e. The normalized spacial score (nSPS) is 20.2. The molecule has 1 rings (SSSR count). The van der Waals surface area contributed by atoms with E-state index in [1.807, 2.05) is 0 Å². The highest BCUT2D eigenvalue weighted by atomic mass is 28.3. The van der Waals surface area contributed by atoms with Crippen molar-refractivity contribution in [3.8, 4) is 0 Å². The van der Waals surface area contributed by atoms with Crippen LogP contribution in [0.1, 0.15) is 65.7 Å². The van der Waals surface area contributed by atoms with Gasteiger partial charge in [-0.15, -0.1) is 0 Å². The molecule has 1 heterocycles. The molecule has 1 aliphatic rings. The van der Waals surface area contributed by atoms with E-state index in [4.69, 9.17) is 9.47 Å². The van der Waals surface area contributed by atoms with Crippen molar-refractivity contribution in [2.75, 3.05) is 13.2 Å². The molecule has 0 radical (unpaired) electrons. The molecule has 1 saturated heterocycles. The molecule has 20 heavy (non-hydrogen) atoms. The molecule has 3 heteroatoms. The van der Waals surface area contributed by atoms with Crippen molar-refractivity contribution in [1.82, 2.24) is 0 Å². The van der Waals surface area contributed by atoms with Crippen LogP contribution in [-0.2, 0) is 9.47 Å². The van der Waals surface area contributed by atoms with Gasteiger partial charge in [-0.3, -0.25) is 0 Å². The van der Waals surface area contributed by atoms with E-state index in [-0.39, 0.29) is 6.29 Å². The van der Waals surface area contributed by atoms with Gasteiger partial charge in [-0.2, -0.15) is 0 Å². The smallest absolute Gasteiger partial charge is 0.157 e. The third-order valence-corrected chi connectivity index (χ3v) is 11.2. The first-order valence-corrected chi connectivity index (χ1v) is 11.8. The van der Waals surface area contributed by atoms with Crippen LogP contribution in [-0.4, -0.2) is 27.6 Å². The molecule has 0 saturated carbocycles. The SMILES string of the molecule is CC[Si](CC)(CC)CCCCCCOC1CCCCO1. The van der Waals surface area contributed by atoms with Crippen LogP contribution >= 0.6 is 0 Å². The second-order valence-corrected chi connectivity index (χ2v) is 12.0. The topological polar surface area (TPSA) is 18.5 Å². The Kier molecular flexibility index (Phi) is 9.83. The monoisotopic (exact) mass is 300 g/mol. The Bertz CT molecular complexity index is 215. The summed E-state index contributed by atoms with van der Waals surface area (Å²) >= 11 is 0. The zero-order valence-corrected chi connectivity index (χ0v) is 15.1. The average molecular weight is 301 g/mol. The summed E-state index contributed by atoms with van der Waals surface area (Å²) in [5.41, 5.74) is 0. The lowest BCUT2D eigenvalue weighted by Crippen LogP contribution is -2.30. The van der Waals surface area contributed by atoms with E-state index < -0.39 is 8.07 Å². The lowest BCUT2D eigenvalue weighted by atomic mass is 10.2. The fraction of sp³-hybridized carbons (Fsp3) is 1.00. The molecular formula is C17H36O2Si. The minimum atomic E-state index is -0.864. The lowest BCUT2D eigenvalue weighted by molar-refractivity contribution is -0.162. The molecule has 0 aromatic carbocycles. The summed E-state index contributed by atoms with van der Waals surface area (Å²) < 4.78 is 11.4. The van der Waals surface area contributed by atoms with E-state index in [1.54, 1.807) is 6.04 Å². The first-order chi connectivity index (χ1) is 9.76. The van der Waals surface area contributed by atoms with Crippen molar-refractivity contribution >= 4 is 8.07 Å². The molecular weight excluding hydrogens is 264 g/mol. The third kappa shape index (κ3) is 6.73. The Morgan fingerprint density at radius 3 is 2.25 bits per heavy atom. The van der Waals surface area contributed by atoms with Crippen LogP contribution in [0.25, 0.3) is 0 Å². The molecule has 0 aromatic rings. The van der Waals surface area contributed by atoms with Gasteiger partial charge in [-0.05, 0) is 25.7 Å². The molecule has 120 valence electrons. The van der Waals surface area contributed by atoms with E-state index >= 15 is 0 Å². The van der Waals surface area contributed by atoms with E-state index in [9.17, 15) is 0 Å². The summed E-state index contributed by atoms with van der Waals surface area (Å²) in [6.45, 7) is 9.02. The lowest BCUT2D eigenvalue weighted by Gasteiger charge is -2.28. The summed E-state index contributed by atoms with van der Waals surface area (Å²) in [6, 6.07) is 5.97. The summed E-state index contributed by atoms with van der Waals surface area (Å²) in [6.07, 6.45) is 9.04. The van der Waals surface area contributed by atoms with Gasteiger partial charge in [0, 0.05) is 13.2 Å². The molecule has 0 aliphatic carbocycles. The fourth-order valence-electron chi connectivity index (χ4n) is 3.29. The molecule has 0 N–H and O–H groups in total. The van der Waals surface area contributed by atoms with Crippen LogP contribution in [0.2, 0.25) is 24.2 Å². The Hall–Kier alpha value is 0.137. The third-order valence-electron chi connectivity index (χ3n) is 5.29. The van der Waals surface area contributed by atoms with Crippen molar-refractivity contribution in [2.45, 2.75) is 96.2 Å². The standard InChI is InChI=1S/C17H36O2Si/c1-4-20(5-2,6-3)16-12-8-7-10-14-18-17-13-9-11-15-19-17/h17H,4-16H2,1-3H3. The van der Waals surface area contributed by atoms with Crippen molar-refractivity contribution in [1.29, 1.82) is 0 Å². The van der Waals surface area contributed by atoms with Crippen LogP contribution in [0.5, 0.6) is 0 Å². The first-order valence-electron chi connectivity index (χ1n) is 8.99. The zero-order valence-electron chi connectivity index (χ0n) is 14.1. The molecule has 1 aliphatic heterocycles. The summed E-state index contributed by atoms with van der Waals surface area (Å²) in [5, 5.41) is 0. The van der Waals surface area contributed by atoms with Crippen LogP contribution < -0.4 is 0 Å². The van der Waals surface area contributed by atoms with E-state index in [0.29, 0.717) is 0 Å². The molecule has 1 fully saturated rings. The Morgan fingerprint density at radius 1 is 0.950 bits per heavy atom. The molecule has 0 bridgehead atoms. The fourth-order valence-corrected chi connectivity index (χ4v) is 6.85. The second kappa shape index (κ2) is 10.8. The predicted octanol–water partition coefficient (Wildman–Crippen LogP) is 5.60. The number of hydrogen-bond acceptors (Lipinski definition) is 2. The molecule has 1 atom stereocenters. The van der Waals surface area contributed by atoms with Crippen molar-refractivity contribution in [3.63, 3.8) is 0 Å². The van der Waals surface area contributed by atoms with Gasteiger partial charge in [0.2, 0.25) is 0 Å². The van der Waals surface area contributed by atoms with E-state index in [0.717, 1.165) is 19.6 Å². The number of rotatable bonds is 11. The summed E-state index contributed by atoms with van der Waals surface area (Å²) in [5.74, 6) is 0. The number of ether oxygens (including phenoxy) is 2. The molecule has 0 spiro atoms. The average Bonchev–Trinajstić information content (AvgIpc) is 2.52. The molecule has 0 amide bonds. The first kappa shape index (κ1) is 18.2. The summed E-state index contributed by atoms with van der Waals surface area (Å²) in [4.78, 5) is 0. The van der Waals surface area contributed by atoms with Crippen molar-refractivity contribution in [3.05, 3.63) is 0 Å².